The van der Waals surface area contributed by atoms with Crippen LogP contribution in [0.5, 0.6) is 0 Å². The predicted molar refractivity (Wildman–Crippen MR) is 125 cm³/mol. The van der Waals surface area contributed by atoms with Gasteiger partial charge in [0.25, 0.3) is 5.91 Å². The van der Waals surface area contributed by atoms with Gasteiger partial charge in [-0.25, -0.2) is 4.79 Å². The molecule has 3 rings (SSSR count). The summed E-state index contributed by atoms with van der Waals surface area (Å²) in [6.07, 6.45) is 1.55. The number of benzene rings is 2. The topological polar surface area (TPSA) is 95.1 Å². The molecular weight excluding hydrogens is 426 g/mol. The monoisotopic (exact) mass is 447 g/mol. The van der Waals surface area contributed by atoms with Crippen LogP contribution in [0.2, 0.25) is 5.02 Å². The van der Waals surface area contributed by atoms with E-state index in [4.69, 9.17) is 11.6 Å². The van der Waals surface area contributed by atoms with Gasteiger partial charge in [-0.2, -0.15) is 5.26 Å². The SMILES string of the molecule is Cc1cc(C(=O)O)ccc1-n1c(C)cc(/C=C(\C#N)C(=O)Nc2cccc(Cl)c2C)c1C. The van der Waals surface area contributed by atoms with Crippen molar-refractivity contribution in [3.05, 3.63) is 86.7 Å². The molecule has 7 heteroatoms. The number of carboxylic acid groups (broad SMARTS) is 1. The summed E-state index contributed by atoms with van der Waals surface area (Å²) in [6.45, 7) is 7.44. The van der Waals surface area contributed by atoms with Crippen LogP contribution < -0.4 is 5.32 Å². The lowest BCUT2D eigenvalue weighted by Gasteiger charge is -2.13. The Hall–Kier alpha value is -3.82. The molecule has 0 spiro atoms. The van der Waals surface area contributed by atoms with Crippen LogP contribution in [0.1, 0.15) is 38.4 Å². The molecule has 1 amide bonds. The Morgan fingerprint density at radius 3 is 2.47 bits per heavy atom. The first-order chi connectivity index (χ1) is 15.1. The van der Waals surface area contributed by atoms with E-state index in [1.54, 1.807) is 49.4 Å². The first-order valence-electron chi connectivity index (χ1n) is 9.85. The zero-order valence-electron chi connectivity index (χ0n) is 18.2. The summed E-state index contributed by atoms with van der Waals surface area (Å²) in [7, 11) is 0. The van der Waals surface area contributed by atoms with Gasteiger partial charge in [-0.05, 0) is 86.9 Å². The second kappa shape index (κ2) is 9.13. The maximum Gasteiger partial charge on any atom is 0.335 e. The van der Waals surface area contributed by atoms with Crippen LogP contribution in [0.3, 0.4) is 0 Å². The Kier molecular flexibility index (Phi) is 6.52. The van der Waals surface area contributed by atoms with Crippen molar-refractivity contribution < 1.29 is 14.7 Å². The zero-order valence-corrected chi connectivity index (χ0v) is 18.9. The molecule has 0 fully saturated rings. The van der Waals surface area contributed by atoms with Gasteiger partial charge >= 0.3 is 5.97 Å². The van der Waals surface area contributed by atoms with Gasteiger partial charge in [-0.15, -0.1) is 0 Å². The number of carbonyl (C=O) groups is 2. The van der Waals surface area contributed by atoms with E-state index in [1.165, 1.54) is 0 Å². The molecule has 0 aliphatic heterocycles. The maximum atomic E-state index is 12.7. The number of rotatable bonds is 5. The number of aromatic nitrogens is 1. The molecular formula is C25H22ClN3O3. The van der Waals surface area contributed by atoms with Gasteiger partial charge in [0.05, 0.1) is 5.56 Å². The average molecular weight is 448 g/mol. The fraction of sp³-hybridized carbons (Fsp3) is 0.160. The molecule has 0 aliphatic rings. The highest BCUT2D eigenvalue weighted by atomic mass is 35.5. The highest BCUT2D eigenvalue weighted by Crippen LogP contribution is 2.27. The second-order valence-electron chi connectivity index (χ2n) is 7.50. The number of nitrogens with zero attached hydrogens (tertiary/aromatic N) is 2. The van der Waals surface area contributed by atoms with Crippen molar-refractivity contribution in [2.45, 2.75) is 27.7 Å². The molecule has 162 valence electrons. The van der Waals surface area contributed by atoms with Crippen molar-refractivity contribution in [1.29, 1.82) is 5.26 Å². The van der Waals surface area contributed by atoms with Gasteiger partial charge in [-0.3, -0.25) is 4.79 Å². The van der Waals surface area contributed by atoms with Crippen LogP contribution in [0.4, 0.5) is 5.69 Å². The number of nitriles is 1. The minimum Gasteiger partial charge on any atom is -0.478 e. The van der Waals surface area contributed by atoms with Gasteiger partial charge < -0.3 is 15.0 Å². The summed E-state index contributed by atoms with van der Waals surface area (Å²) in [6, 6.07) is 14.0. The summed E-state index contributed by atoms with van der Waals surface area (Å²) in [5.41, 5.74) is 5.52. The maximum absolute atomic E-state index is 12.7. The Bertz CT molecular complexity index is 1310. The van der Waals surface area contributed by atoms with Gasteiger partial charge in [0.1, 0.15) is 11.6 Å². The van der Waals surface area contributed by atoms with Crippen LogP contribution >= 0.6 is 11.6 Å². The van der Waals surface area contributed by atoms with Crippen LogP contribution in [-0.4, -0.2) is 21.6 Å². The molecule has 1 heterocycles. The number of amides is 1. The van der Waals surface area contributed by atoms with Crippen LogP contribution in [0.25, 0.3) is 11.8 Å². The Morgan fingerprint density at radius 2 is 1.84 bits per heavy atom. The Labute approximate surface area is 191 Å². The molecule has 0 unspecified atom stereocenters. The summed E-state index contributed by atoms with van der Waals surface area (Å²) < 4.78 is 1.97. The van der Waals surface area contributed by atoms with Crippen molar-refractivity contribution in [2.24, 2.45) is 0 Å². The fourth-order valence-corrected chi connectivity index (χ4v) is 3.76. The molecule has 1 aromatic heterocycles. The largest absolute Gasteiger partial charge is 0.478 e. The van der Waals surface area contributed by atoms with E-state index in [2.05, 4.69) is 5.32 Å². The Morgan fingerprint density at radius 1 is 1.12 bits per heavy atom. The zero-order chi connectivity index (χ0) is 23.6. The lowest BCUT2D eigenvalue weighted by Crippen LogP contribution is -2.14. The van der Waals surface area contributed by atoms with Crippen LogP contribution in [0.15, 0.2) is 48.0 Å². The number of anilines is 1. The minimum absolute atomic E-state index is 0.0393. The Balaban J connectivity index is 1.98. The molecule has 0 saturated carbocycles. The summed E-state index contributed by atoms with van der Waals surface area (Å²) in [5.74, 6) is -1.51. The highest BCUT2D eigenvalue weighted by molar-refractivity contribution is 6.31. The molecule has 2 N–H and O–H groups in total. The number of hydrogen-bond acceptors (Lipinski definition) is 3. The number of carbonyl (C=O) groups excluding carboxylic acids is 1. The molecule has 6 nitrogen and oxygen atoms in total. The van der Waals surface area contributed by atoms with Gasteiger partial charge in [0, 0.05) is 27.8 Å². The number of aromatic carboxylic acids is 1. The molecule has 0 bridgehead atoms. The lowest BCUT2D eigenvalue weighted by atomic mass is 10.1. The van der Waals surface area contributed by atoms with Crippen molar-refractivity contribution in [3.8, 4) is 11.8 Å². The number of carboxylic acids is 1. The van der Waals surface area contributed by atoms with Gasteiger partial charge in [0.15, 0.2) is 0 Å². The third-order valence-corrected chi connectivity index (χ3v) is 5.75. The predicted octanol–water partition coefficient (Wildman–Crippen LogP) is 5.61. The normalized spacial score (nSPS) is 11.2. The van der Waals surface area contributed by atoms with E-state index >= 15 is 0 Å². The quantitative estimate of drug-likeness (QED) is 0.392. The lowest BCUT2D eigenvalue weighted by molar-refractivity contribution is -0.112. The van der Waals surface area contributed by atoms with Gasteiger partial charge in [-0.1, -0.05) is 17.7 Å². The average Bonchev–Trinajstić information content (AvgIpc) is 3.02. The third-order valence-electron chi connectivity index (χ3n) is 5.34. The number of aryl methyl sites for hydroxylation is 2. The van der Waals surface area contributed by atoms with Crippen LogP contribution in [0, 0.1) is 39.0 Å². The first-order valence-corrected chi connectivity index (χ1v) is 10.2. The molecule has 0 saturated heterocycles. The molecule has 32 heavy (non-hydrogen) atoms. The van der Waals surface area contributed by atoms with E-state index in [9.17, 15) is 20.0 Å². The molecule has 3 aromatic rings. The minimum atomic E-state index is -0.983. The van der Waals surface area contributed by atoms with Crippen LogP contribution in [-0.2, 0) is 4.79 Å². The second-order valence-corrected chi connectivity index (χ2v) is 7.91. The fourth-order valence-electron chi connectivity index (χ4n) is 3.58. The van der Waals surface area contributed by atoms with Crippen molar-refractivity contribution in [3.63, 3.8) is 0 Å². The standard InChI is InChI=1S/C25H22ClN3O3/c1-14-10-18(25(31)32)8-9-23(14)29-15(2)11-19(17(29)4)12-20(13-27)24(30)28-22-7-5-6-21(26)16(22)3/h5-12H,1-4H3,(H,28,30)(H,31,32)/b20-12+. The molecule has 0 atom stereocenters. The number of halogens is 1. The van der Waals surface area contributed by atoms with E-state index < -0.39 is 11.9 Å². The number of hydrogen-bond donors (Lipinski definition) is 2. The van der Waals surface area contributed by atoms with E-state index in [0.717, 1.165) is 33.8 Å². The smallest absolute Gasteiger partial charge is 0.335 e. The first kappa shape index (κ1) is 22.9. The highest BCUT2D eigenvalue weighted by Gasteiger charge is 2.16. The summed E-state index contributed by atoms with van der Waals surface area (Å²) in [5, 5.41) is 22.1. The number of nitrogens with one attached hydrogen (secondary N) is 1. The van der Waals surface area contributed by atoms with E-state index in [1.807, 2.05) is 37.5 Å². The van der Waals surface area contributed by atoms with E-state index in [0.29, 0.717) is 10.7 Å². The molecule has 0 aliphatic carbocycles. The van der Waals surface area contributed by atoms with Crippen molar-refractivity contribution >= 4 is 35.2 Å². The molecule has 2 aromatic carbocycles. The molecule has 0 radical (unpaired) electrons. The van der Waals surface area contributed by atoms with Gasteiger partial charge in [0.2, 0.25) is 0 Å². The van der Waals surface area contributed by atoms with Crippen molar-refractivity contribution in [2.75, 3.05) is 5.32 Å². The van der Waals surface area contributed by atoms with E-state index in [-0.39, 0.29) is 11.1 Å². The summed E-state index contributed by atoms with van der Waals surface area (Å²) in [4.78, 5) is 24.0. The van der Waals surface area contributed by atoms with Crippen molar-refractivity contribution in [1.82, 2.24) is 4.57 Å². The third kappa shape index (κ3) is 4.43. The summed E-state index contributed by atoms with van der Waals surface area (Å²) >= 11 is 6.11.